The first-order valence-electron chi connectivity index (χ1n) is 6.74. The quantitative estimate of drug-likeness (QED) is 0.656. The summed E-state index contributed by atoms with van der Waals surface area (Å²) in [6, 6.07) is 8.93. The first-order chi connectivity index (χ1) is 10.1. The average Bonchev–Trinajstić information content (AvgIpc) is 2.88. The number of ether oxygens (including phenoxy) is 2. The minimum Gasteiger partial charge on any atom is -0.469 e. The van der Waals surface area contributed by atoms with Crippen molar-refractivity contribution in [3.8, 4) is 0 Å². The van der Waals surface area contributed by atoms with Gasteiger partial charge in [-0.3, -0.25) is 4.90 Å². The summed E-state index contributed by atoms with van der Waals surface area (Å²) < 4.78 is 10.8. The van der Waals surface area contributed by atoms with Crippen molar-refractivity contribution in [2.45, 2.75) is 37.2 Å². The standard InChI is InChI=1S/C14H17NO5S/c16-10-9-7-20-14(21)15(9)13(18)11(17)12(10)19-6-8-4-2-1-3-5-8/h1-5,9-13,16-18H,6-7H2/t9-,10-,11-,12+,13-/m1/s1. The molecule has 0 saturated carbocycles. The second kappa shape index (κ2) is 5.86. The molecule has 3 rings (SSSR count). The summed E-state index contributed by atoms with van der Waals surface area (Å²) >= 11 is 4.96. The highest BCUT2D eigenvalue weighted by Crippen LogP contribution is 2.30. The Morgan fingerprint density at radius 1 is 1.19 bits per heavy atom. The fraction of sp³-hybridized carbons (Fsp3) is 0.500. The van der Waals surface area contributed by atoms with Gasteiger partial charge in [-0.2, -0.15) is 0 Å². The number of piperidine rings is 1. The van der Waals surface area contributed by atoms with Gasteiger partial charge in [-0.15, -0.1) is 0 Å². The zero-order chi connectivity index (χ0) is 15.0. The summed E-state index contributed by atoms with van der Waals surface area (Å²) in [7, 11) is 0. The fourth-order valence-electron chi connectivity index (χ4n) is 2.73. The largest absolute Gasteiger partial charge is 0.469 e. The molecule has 7 heteroatoms. The van der Waals surface area contributed by atoms with E-state index >= 15 is 0 Å². The maximum Gasteiger partial charge on any atom is 0.261 e. The van der Waals surface area contributed by atoms with Crippen LogP contribution in [0.1, 0.15) is 5.56 Å². The predicted octanol–water partition coefficient (Wildman–Crippen LogP) is -0.389. The monoisotopic (exact) mass is 311 g/mol. The lowest BCUT2D eigenvalue weighted by Crippen LogP contribution is -2.66. The summed E-state index contributed by atoms with van der Waals surface area (Å²) in [6.45, 7) is 0.416. The van der Waals surface area contributed by atoms with E-state index in [1.54, 1.807) is 0 Å². The summed E-state index contributed by atoms with van der Waals surface area (Å²) in [6.07, 6.45) is -4.40. The van der Waals surface area contributed by atoms with Crippen LogP contribution in [0.5, 0.6) is 0 Å². The predicted molar refractivity (Wildman–Crippen MR) is 77.2 cm³/mol. The molecule has 2 aliphatic rings. The molecular formula is C14H17NO5S. The van der Waals surface area contributed by atoms with Crippen LogP contribution in [0.4, 0.5) is 0 Å². The highest BCUT2D eigenvalue weighted by atomic mass is 32.1. The molecule has 1 aromatic carbocycles. The summed E-state index contributed by atoms with van der Waals surface area (Å²) in [5.74, 6) is 0. The van der Waals surface area contributed by atoms with Crippen LogP contribution in [-0.4, -0.2) is 62.6 Å². The number of aliphatic hydroxyl groups excluding tert-OH is 3. The van der Waals surface area contributed by atoms with Crippen LogP contribution in [0.15, 0.2) is 30.3 Å². The number of rotatable bonds is 3. The molecule has 0 bridgehead atoms. The maximum absolute atomic E-state index is 10.3. The second-order valence-electron chi connectivity index (χ2n) is 5.21. The van der Waals surface area contributed by atoms with E-state index in [1.807, 2.05) is 30.3 Å². The Hall–Kier alpha value is -1.25. The normalized spacial score (nSPS) is 35.5. The average molecular weight is 311 g/mol. The molecule has 2 heterocycles. The summed E-state index contributed by atoms with van der Waals surface area (Å²) in [4.78, 5) is 1.33. The van der Waals surface area contributed by atoms with Crippen molar-refractivity contribution >= 4 is 17.4 Å². The maximum atomic E-state index is 10.3. The van der Waals surface area contributed by atoms with Gasteiger partial charge in [0.1, 0.15) is 24.9 Å². The molecule has 21 heavy (non-hydrogen) atoms. The Bertz CT molecular complexity index is 513. The number of aliphatic hydroxyl groups is 3. The summed E-state index contributed by atoms with van der Waals surface area (Å²) in [5.41, 5.74) is 0.923. The number of benzene rings is 1. The van der Waals surface area contributed by atoms with E-state index in [0.717, 1.165) is 5.56 Å². The molecule has 2 saturated heterocycles. The van der Waals surface area contributed by atoms with Gasteiger partial charge in [-0.1, -0.05) is 30.3 Å². The smallest absolute Gasteiger partial charge is 0.261 e. The van der Waals surface area contributed by atoms with Gasteiger partial charge >= 0.3 is 0 Å². The molecule has 3 N–H and O–H groups in total. The van der Waals surface area contributed by atoms with Crippen molar-refractivity contribution in [1.82, 2.24) is 4.90 Å². The van der Waals surface area contributed by atoms with Gasteiger partial charge in [-0.25, -0.2) is 0 Å². The number of hydrogen-bond donors (Lipinski definition) is 3. The molecule has 2 fully saturated rings. The van der Waals surface area contributed by atoms with Gasteiger partial charge in [-0.05, 0) is 17.8 Å². The first kappa shape index (κ1) is 14.7. The number of hydrogen-bond acceptors (Lipinski definition) is 6. The number of thiocarbonyl (C=S) groups is 1. The van der Waals surface area contributed by atoms with Crippen LogP contribution in [0.3, 0.4) is 0 Å². The van der Waals surface area contributed by atoms with Crippen molar-refractivity contribution in [3.63, 3.8) is 0 Å². The minimum absolute atomic E-state index is 0.0899. The van der Waals surface area contributed by atoms with Gasteiger partial charge < -0.3 is 24.8 Å². The SMILES string of the molecule is O[C@@H]1[C@@H](OCc2ccccc2)[C@H](O)[C@H]2COC(=S)N2[C@@H]1O. The highest BCUT2D eigenvalue weighted by molar-refractivity contribution is 7.80. The Labute approximate surface area is 127 Å². The molecule has 2 aliphatic heterocycles. The molecular weight excluding hydrogens is 294 g/mol. The van der Waals surface area contributed by atoms with Crippen LogP contribution in [0.25, 0.3) is 0 Å². The van der Waals surface area contributed by atoms with Gasteiger partial charge in [0.15, 0.2) is 6.23 Å². The second-order valence-corrected chi connectivity index (χ2v) is 5.56. The van der Waals surface area contributed by atoms with Crippen molar-refractivity contribution in [3.05, 3.63) is 35.9 Å². The van der Waals surface area contributed by atoms with Gasteiger partial charge in [0.25, 0.3) is 5.17 Å². The zero-order valence-electron chi connectivity index (χ0n) is 11.2. The van der Waals surface area contributed by atoms with E-state index in [-0.39, 0.29) is 18.4 Å². The topological polar surface area (TPSA) is 82.4 Å². The Morgan fingerprint density at radius 3 is 2.62 bits per heavy atom. The third kappa shape index (κ3) is 2.63. The fourth-order valence-corrected chi connectivity index (χ4v) is 3.04. The zero-order valence-corrected chi connectivity index (χ0v) is 12.0. The van der Waals surface area contributed by atoms with Crippen molar-refractivity contribution < 1.29 is 24.8 Å². The van der Waals surface area contributed by atoms with E-state index in [0.29, 0.717) is 0 Å². The molecule has 1 aromatic rings. The van der Waals surface area contributed by atoms with E-state index in [4.69, 9.17) is 21.7 Å². The molecule has 5 atom stereocenters. The van der Waals surface area contributed by atoms with Crippen molar-refractivity contribution in [1.29, 1.82) is 0 Å². The molecule has 0 amide bonds. The van der Waals surface area contributed by atoms with Gasteiger partial charge in [0, 0.05) is 0 Å². The van der Waals surface area contributed by atoms with Crippen LogP contribution in [0.2, 0.25) is 0 Å². The highest BCUT2D eigenvalue weighted by Gasteiger charge is 2.52. The van der Waals surface area contributed by atoms with Crippen molar-refractivity contribution in [2.75, 3.05) is 6.61 Å². The van der Waals surface area contributed by atoms with Crippen LogP contribution in [0, 0.1) is 0 Å². The van der Waals surface area contributed by atoms with Crippen LogP contribution >= 0.6 is 12.2 Å². The lowest BCUT2D eigenvalue weighted by molar-refractivity contribution is -0.210. The molecule has 0 radical (unpaired) electrons. The van der Waals surface area contributed by atoms with Crippen LogP contribution in [-0.2, 0) is 16.1 Å². The Balaban J connectivity index is 1.71. The number of nitrogens with zero attached hydrogens (tertiary/aromatic N) is 1. The lowest BCUT2D eigenvalue weighted by atomic mass is 9.93. The minimum atomic E-state index is -1.26. The molecule has 0 aromatic heterocycles. The third-order valence-corrected chi connectivity index (χ3v) is 4.22. The van der Waals surface area contributed by atoms with E-state index < -0.39 is 30.6 Å². The van der Waals surface area contributed by atoms with Gasteiger partial charge in [0.2, 0.25) is 0 Å². The van der Waals surface area contributed by atoms with Gasteiger partial charge in [0.05, 0.1) is 12.6 Å². The Morgan fingerprint density at radius 2 is 1.90 bits per heavy atom. The van der Waals surface area contributed by atoms with E-state index in [1.165, 1.54) is 4.90 Å². The molecule has 0 aliphatic carbocycles. The van der Waals surface area contributed by atoms with E-state index in [2.05, 4.69) is 0 Å². The first-order valence-corrected chi connectivity index (χ1v) is 7.15. The molecule has 114 valence electrons. The third-order valence-electron chi connectivity index (χ3n) is 3.89. The van der Waals surface area contributed by atoms with E-state index in [9.17, 15) is 15.3 Å². The molecule has 0 unspecified atom stereocenters. The van der Waals surface area contributed by atoms with Crippen molar-refractivity contribution in [2.24, 2.45) is 0 Å². The number of fused-ring (bicyclic) bond motifs is 1. The van der Waals surface area contributed by atoms with Crippen LogP contribution < -0.4 is 0 Å². The lowest BCUT2D eigenvalue weighted by Gasteiger charge is -2.44. The molecule has 6 nitrogen and oxygen atoms in total. The summed E-state index contributed by atoms with van der Waals surface area (Å²) in [5, 5.41) is 30.7. The molecule has 0 spiro atoms. The Kier molecular flexibility index (Phi) is 4.10.